The number of halogens is 2. The molecule has 0 fully saturated rings. The number of pyridine rings is 1. The molecule has 3 aromatic heterocycles. The van der Waals surface area contributed by atoms with Crippen LogP contribution in [0.3, 0.4) is 0 Å². The SMILES string of the molecule is Cn1cc2c(-c3cc(F)c(Cn4cc(C(=O)O)c5ncncc5c4=O)c(F)c3)cccc2n1. The average Bonchev–Trinajstić information content (AvgIpc) is 3.17. The van der Waals surface area contributed by atoms with E-state index in [2.05, 4.69) is 15.1 Å². The lowest BCUT2D eigenvalue weighted by Crippen LogP contribution is -2.24. The molecule has 8 nitrogen and oxygen atoms in total. The van der Waals surface area contributed by atoms with E-state index in [1.165, 1.54) is 18.3 Å². The fraction of sp³-hybridized carbons (Fsp3) is 0.0870. The first-order chi connectivity index (χ1) is 15.8. The smallest absolute Gasteiger partial charge is 0.339 e. The lowest BCUT2D eigenvalue weighted by molar-refractivity contribution is 0.0698. The summed E-state index contributed by atoms with van der Waals surface area (Å²) in [6.07, 6.45) is 5.10. The molecule has 0 unspecified atom stereocenters. The first kappa shape index (κ1) is 20.4. The molecule has 1 N–H and O–H groups in total. The van der Waals surface area contributed by atoms with Crippen LogP contribution >= 0.6 is 0 Å². The summed E-state index contributed by atoms with van der Waals surface area (Å²) in [7, 11) is 1.76. The first-order valence-corrected chi connectivity index (χ1v) is 9.80. The molecule has 2 aromatic carbocycles. The summed E-state index contributed by atoms with van der Waals surface area (Å²) in [5.74, 6) is -3.05. The third-order valence-electron chi connectivity index (χ3n) is 5.42. The number of carboxylic acids is 1. The van der Waals surface area contributed by atoms with Gasteiger partial charge in [0.15, 0.2) is 0 Å². The molecule has 5 rings (SSSR count). The maximum absolute atomic E-state index is 15.1. The molecule has 0 radical (unpaired) electrons. The minimum atomic E-state index is -1.33. The number of fused-ring (bicyclic) bond motifs is 2. The number of benzene rings is 2. The lowest BCUT2D eigenvalue weighted by atomic mass is 9.99. The maximum Gasteiger partial charge on any atom is 0.339 e. The third-order valence-corrected chi connectivity index (χ3v) is 5.42. The fourth-order valence-electron chi connectivity index (χ4n) is 3.90. The summed E-state index contributed by atoms with van der Waals surface area (Å²) >= 11 is 0. The van der Waals surface area contributed by atoms with Gasteiger partial charge in [0.05, 0.1) is 23.0 Å². The van der Waals surface area contributed by atoms with Crippen LogP contribution in [0.5, 0.6) is 0 Å². The second-order valence-electron chi connectivity index (χ2n) is 7.53. The molecule has 33 heavy (non-hydrogen) atoms. The lowest BCUT2D eigenvalue weighted by Gasteiger charge is -2.12. The Bertz CT molecular complexity index is 1620. The van der Waals surface area contributed by atoms with Crippen molar-refractivity contribution in [2.24, 2.45) is 7.05 Å². The van der Waals surface area contributed by atoms with Crippen molar-refractivity contribution < 1.29 is 18.7 Å². The van der Waals surface area contributed by atoms with E-state index in [0.717, 1.165) is 22.5 Å². The van der Waals surface area contributed by atoms with Crippen LogP contribution in [0.4, 0.5) is 8.78 Å². The Morgan fingerprint density at radius 1 is 1.12 bits per heavy atom. The van der Waals surface area contributed by atoms with Crippen LogP contribution in [0.1, 0.15) is 15.9 Å². The van der Waals surface area contributed by atoms with Crippen molar-refractivity contribution in [3.63, 3.8) is 0 Å². The van der Waals surface area contributed by atoms with Gasteiger partial charge in [0.1, 0.15) is 23.5 Å². The molecule has 0 spiro atoms. The monoisotopic (exact) mass is 447 g/mol. The first-order valence-electron chi connectivity index (χ1n) is 9.80. The molecule has 0 aliphatic carbocycles. The normalized spacial score (nSPS) is 11.4. The number of rotatable bonds is 4. The third kappa shape index (κ3) is 3.41. The zero-order valence-electron chi connectivity index (χ0n) is 17.2. The van der Waals surface area contributed by atoms with Gasteiger partial charge in [-0.25, -0.2) is 23.5 Å². The number of aromatic nitrogens is 5. The van der Waals surface area contributed by atoms with Gasteiger partial charge in [-0.05, 0) is 29.3 Å². The van der Waals surface area contributed by atoms with Crippen LogP contribution in [-0.4, -0.2) is 35.4 Å². The predicted molar refractivity (Wildman–Crippen MR) is 116 cm³/mol. The number of nitrogens with zero attached hydrogens (tertiary/aromatic N) is 5. The zero-order chi connectivity index (χ0) is 23.3. The summed E-state index contributed by atoms with van der Waals surface area (Å²) in [5, 5.41) is 14.5. The van der Waals surface area contributed by atoms with Crippen LogP contribution in [0, 0.1) is 11.6 Å². The number of hydrogen-bond donors (Lipinski definition) is 1. The Hall–Kier alpha value is -4.47. The van der Waals surface area contributed by atoms with Crippen LogP contribution in [0.25, 0.3) is 32.9 Å². The summed E-state index contributed by atoms with van der Waals surface area (Å²) in [4.78, 5) is 32.1. The van der Waals surface area contributed by atoms with Crippen LogP contribution in [0.15, 0.2) is 60.0 Å². The van der Waals surface area contributed by atoms with E-state index >= 15 is 8.78 Å². The van der Waals surface area contributed by atoms with Crippen molar-refractivity contribution in [3.05, 3.63) is 88.4 Å². The Kier molecular flexibility index (Phi) is 4.70. The molecule has 0 bridgehead atoms. The topological polar surface area (TPSA) is 103 Å². The highest BCUT2D eigenvalue weighted by Gasteiger charge is 2.19. The maximum atomic E-state index is 15.1. The summed E-state index contributed by atoms with van der Waals surface area (Å²) < 4.78 is 32.7. The van der Waals surface area contributed by atoms with Gasteiger partial charge in [-0.1, -0.05) is 12.1 Å². The van der Waals surface area contributed by atoms with Crippen LogP contribution in [-0.2, 0) is 13.6 Å². The van der Waals surface area contributed by atoms with E-state index in [-0.39, 0.29) is 22.0 Å². The minimum absolute atomic E-state index is 0.0420. The summed E-state index contributed by atoms with van der Waals surface area (Å²) in [6.45, 7) is -0.501. The molecule has 0 saturated carbocycles. The average molecular weight is 447 g/mol. The molecule has 0 amide bonds. The van der Waals surface area contributed by atoms with Crippen molar-refractivity contribution in [3.8, 4) is 11.1 Å². The van der Waals surface area contributed by atoms with E-state index in [0.29, 0.717) is 16.6 Å². The fourth-order valence-corrected chi connectivity index (χ4v) is 3.90. The second-order valence-corrected chi connectivity index (χ2v) is 7.53. The highest BCUT2D eigenvalue weighted by Crippen LogP contribution is 2.30. The minimum Gasteiger partial charge on any atom is -0.478 e. The Morgan fingerprint density at radius 3 is 2.61 bits per heavy atom. The van der Waals surface area contributed by atoms with Crippen molar-refractivity contribution in [1.82, 2.24) is 24.3 Å². The van der Waals surface area contributed by atoms with Gasteiger partial charge in [-0.2, -0.15) is 5.10 Å². The molecule has 164 valence electrons. The molecule has 0 aliphatic heterocycles. The molecule has 0 atom stereocenters. The van der Waals surface area contributed by atoms with Crippen molar-refractivity contribution in [2.45, 2.75) is 6.54 Å². The van der Waals surface area contributed by atoms with Crippen molar-refractivity contribution in [2.75, 3.05) is 0 Å². The van der Waals surface area contributed by atoms with Gasteiger partial charge < -0.3 is 9.67 Å². The second kappa shape index (κ2) is 7.59. The number of aryl methyl sites for hydroxylation is 1. The van der Waals surface area contributed by atoms with Crippen molar-refractivity contribution in [1.29, 1.82) is 0 Å². The van der Waals surface area contributed by atoms with E-state index in [1.54, 1.807) is 36.1 Å². The van der Waals surface area contributed by atoms with E-state index in [1.807, 2.05) is 0 Å². The van der Waals surface area contributed by atoms with Crippen LogP contribution < -0.4 is 5.56 Å². The summed E-state index contributed by atoms with van der Waals surface area (Å²) in [5.41, 5.74) is 0.277. The van der Waals surface area contributed by atoms with Gasteiger partial charge >= 0.3 is 5.97 Å². The van der Waals surface area contributed by atoms with Gasteiger partial charge in [0.25, 0.3) is 5.56 Å². The molecule has 10 heteroatoms. The van der Waals surface area contributed by atoms with E-state index in [9.17, 15) is 14.7 Å². The molecular weight excluding hydrogens is 432 g/mol. The quantitative estimate of drug-likeness (QED) is 0.453. The largest absolute Gasteiger partial charge is 0.478 e. The summed E-state index contributed by atoms with van der Waals surface area (Å²) in [6, 6.07) is 7.67. The standard InChI is InChI=1S/C23H15F2N5O3/c1-29-8-15-13(3-2-4-20(15)28-29)12-5-18(24)16(19(25)6-12)9-30-10-17(23(32)33)21-14(22(30)31)7-26-11-27-21/h2-8,10-11H,9H2,1H3,(H,32,33). The van der Waals surface area contributed by atoms with Crippen molar-refractivity contribution >= 4 is 27.8 Å². The highest BCUT2D eigenvalue weighted by atomic mass is 19.1. The Balaban J connectivity index is 1.62. The molecule has 0 saturated heterocycles. The molecule has 3 heterocycles. The van der Waals surface area contributed by atoms with Gasteiger partial charge in [-0.3, -0.25) is 9.48 Å². The van der Waals surface area contributed by atoms with E-state index in [4.69, 9.17) is 0 Å². The molecular formula is C23H15F2N5O3. The number of carbonyl (C=O) groups is 1. The van der Waals surface area contributed by atoms with E-state index < -0.39 is 29.7 Å². The Morgan fingerprint density at radius 2 is 1.88 bits per heavy atom. The number of carboxylic acid groups (broad SMARTS) is 1. The van der Waals surface area contributed by atoms with Gasteiger partial charge in [-0.15, -0.1) is 0 Å². The molecule has 5 aromatic rings. The zero-order valence-corrected chi connectivity index (χ0v) is 17.2. The number of hydrogen-bond acceptors (Lipinski definition) is 5. The molecule has 0 aliphatic rings. The van der Waals surface area contributed by atoms with Gasteiger partial charge in [0.2, 0.25) is 0 Å². The number of aromatic carboxylic acids is 1. The predicted octanol–water partition coefficient (Wildman–Crippen LogP) is 3.37. The highest BCUT2D eigenvalue weighted by molar-refractivity contribution is 6.00. The van der Waals surface area contributed by atoms with Crippen LogP contribution in [0.2, 0.25) is 0 Å². The van der Waals surface area contributed by atoms with Gasteiger partial charge in [0, 0.05) is 36.6 Å². The Labute approximate surface area is 184 Å².